The quantitative estimate of drug-likeness (QED) is 0.880. The molecule has 3 rings (SSSR count). The van der Waals surface area contributed by atoms with Crippen LogP contribution < -0.4 is 10.2 Å². The van der Waals surface area contributed by atoms with Crippen LogP contribution in [0.2, 0.25) is 5.02 Å². The molecule has 3 heteroatoms. The van der Waals surface area contributed by atoms with E-state index >= 15 is 0 Å². The van der Waals surface area contributed by atoms with Gasteiger partial charge in [-0.05, 0) is 49.2 Å². The van der Waals surface area contributed by atoms with Crippen molar-refractivity contribution in [1.82, 2.24) is 5.32 Å². The van der Waals surface area contributed by atoms with Gasteiger partial charge in [0.05, 0.1) is 0 Å². The highest BCUT2D eigenvalue weighted by Gasteiger charge is 2.20. The van der Waals surface area contributed by atoms with Crippen molar-refractivity contribution in [2.45, 2.75) is 26.3 Å². The number of hydrogen-bond donors (Lipinski definition) is 1. The van der Waals surface area contributed by atoms with Crippen LogP contribution in [0.1, 0.15) is 31.0 Å². The van der Waals surface area contributed by atoms with Crippen LogP contribution in [-0.2, 0) is 6.42 Å². The molecule has 1 atom stereocenters. The Morgan fingerprint density at radius 3 is 2.81 bits per heavy atom. The molecule has 2 aromatic rings. The second-order valence-corrected chi connectivity index (χ2v) is 5.92. The minimum absolute atomic E-state index is 0.280. The summed E-state index contributed by atoms with van der Waals surface area (Å²) in [5.74, 6) is 0. The molecule has 110 valence electrons. The second kappa shape index (κ2) is 6.08. The van der Waals surface area contributed by atoms with Crippen LogP contribution in [0.5, 0.6) is 0 Å². The van der Waals surface area contributed by atoms with Crippen molar-refractivity contribution < 1.29 is 0 Å². The van der Waals surface area contributed by atoms with E-state index < -0.39 is 0 Å². The van der Waals surface area contributed by atoms with Gasteiger partial charge >= 0.3 is 0 Å². The first-order valence-corrected chi connectivity index (χ1v) is 7.96. The highest BCUT2D eigenvalue weighted by molar-refractivity contribution is 6.31. The van der Waals surface area contributed by atoms with Gasteiger partial charge in [0.25, 0.3) is 0 Å². The van der Waals surface area contributed by atoms with Gasteiger partial charge in [-0.3, -0.25) is 0 Å². The fourth-order valence-corrected chi connectivity index (χ4v) is 3.40. The van der Waals surface area contributed by atoms with Gasteiger partial charge < -0.3 is 10.2 Å². The molecule has 1 aliphatic heterocycles. The Balaban J connectivity index is 1.90. The summed E-state index contributed by atoms with van der Waals surface area (Å²) in [7, 11) is 0. The Morgan fingerprint density at radius 2 is 2.05 bits per heavy atom. The molecular formula is C18H21ClN2. The van der Waals surface area contributed by atoms with Crippen molar-refractivity contribution >= 4 is 23.0 Å². The number of para-hydroxylation sites is 1. The zero-order chi connectivity index (χ0) is 14.8. The van der Waals surface area contributed by atoms with Gasteiger partial charge in [0.1, 0.15) is 0 Å². The highest BCUT2D eigenvalue weighted by atomic mass is 35.5. The van der Waals surface area contributed by atoms with E-state index in [1.807, 2.05) is 0 Å². The van der Waals surface area contributed by atoms with Gasteiger partial charge in [0.2, 0.25) is 0 Å². The van der Waals surface area contributed by atoms with E-state index in [1.54, 1.807) is 0 Å². The largest absolute Gasteiger partial charge is 0.341 e. The van der Waals surface area contributed by atoms with E-state index in [2.05, 4.69) is 66.5 Å². The molecule has 0 amide bonds. The normalized spacial score (nSPS) is 15.1. The number of benzene rings is 2. The molecule has 1 heterocycles. The SMILES string of the molecule is CCNC(C)c1ccc(N2CCc3ccccc32)cc1Cl. The van der Waals surface area contributed by atoms with E-state index in [0.29, 0.717) is 0 Å². The molecule has 1 aliphatic rings. The summed E-state index contributed by atoms with van der Waals surface area (Å²) in [5, 5.41) is 4.25. The number of nitrogens with one attached hydrogen (secondary N) is 1. The number of fused-ring (bicyclic) bond motifs is 1. The molecule has 0 aliphatic carbocycles. The van der Waals surface area contributed by atoms with Crippen LogP contribution in [0.4, 0.5) is 11.4 Å². The van der Waals surface area contributed by atoms with Gasteiger partial charge in [-0.25, -0.2) is 0 Å². The van der Waals surface area contributed by atoms with E-state index in [0.717, 1.165) is 30.1 Å². The van der Waals surface area contributed by atoms with Crippen molar-refractivity contribution in [3.05, 3.63) is 58.6 Å². The average molecular weight is 301 g/mol. The third kappa shape index (κ3) is 2.78. The molecule has 2 nitrogen and oxygen atoms in total. The lowest BCUT2D eigenvalue weighted by Crippen LogP contribution is -2.18. The zero-order valence-electron chi connectivity index (χ0n) is 12.6. The second-order valence-electron chi connectivity index (χ2n) is 5.52. The first-order chi connectivity index (χ1) is 10.2. The lowest BCUT2D eigenvalue weighted by molar-refractivity contribution is 0.598. The number of rotatable bonds is 4. The van der Waals surface area contributed by atoms with E-state index in [1.165, 1.54) is 16.9 Å². The zero-order valence-corrected chi connectivity index (χ0v) is 13.3. The van der Waals surface area contributed by atoms with Crippen molar-refractivity contribution in [3.63, 3.8) is 0 Å². The monoisotopic (exact) mass is 300 g/mol. The topological polar surface area (TPSA) is 15.3 Å². The Hall–Kier alpha value is -1.51. The molecule has 1 unspecified atom stereocenters. The predicted octanol–water partition coefficient (Wildman–Crippen LogP) is 4.70. The lowest BCUT2D eigenvalue weighted by atomic mass is 10.1. The maximum absolute atomic E-state index is 6.50. The number of hydrogen-bond acceptors (Lipinski definition) is 2. The predicted molar refractivity (Wildman–Crippen MR) is 90.7 cm³/mol. The summed E-state index contributed by atoms with van der Waals surface area (Å²) in [5.41, 5.74) is 5.06. The number of halogens is 1. The fourth-order valence-electron chi connectivity index (χ4n) is 3.06. The molecule has 21 heavy (non-hydrogen) atoms. The Morgan fingerprint density at radius 1 is 1.24 bits per heavy atom. The van der Waals surface area contributed by atoms with Gasteiger partial charge in [0, 0.05) is 29.0 Å². The Bertz CT molecular complexity index is 639. The standard InChI is InChI=1S/C18H21ClN2/c1-3-20-13(2)16-9-8-15(12-17(16)19)21-11-10-14-6-4-5-7-18(14)21/h4-9,12-13,20H,3,10-11H2,1-2H3. The maximum Gasteiger partial charge on any atom is 0.0474 e. The molecule has 0 saturated carbocycles. The maximum atomic E-state index is 6.50. The molecule has 0 saturated heterocycles. The van der Waals surface area contributed by atoms with Crippen LogP contribution in [-0.4, -0.2) is 13.1 Å². The lowest BCUT2D eigenvalue weighted by Gasteiger charge is -2.22. The molecule has 0 aromatic heterocycles. The molecule has 0 radical (unpaired) electrons. The summed E-state index contributed by atoms with van der Waals surface area (Å²) < 4.78 is 0. The van der Waals surface area contributed by atoms with Crippen LogP contribution in [0, 0.1) is 0 Å². The summed E-state index contributed by atoms with van der Waals surface area (Å²) >= 11 is 6.50. The third-order valence-electron chi connectivity index (χ3n) is 4.16. The van der Waals surface area contributed by atoms with E-state index in [9.17, 15) is 0 Å². The van der Waals surface area contributed by atoms with Gasteiger partial charge in [0.15, 0.2) is 0 Å². The van der Waals surface area contributed by atoms with Crippen molar-refractivity contribution in [2.24, 2.45) is 0 Å². The fraction of sp³-hybridized carbons (Fsp3) is 0.333. The van der Waals surface area contributed by atoms with Crippen LogP contribution in [0.25, 0.3) is 0 Å². The van der Waals surface area contributed by atoms with Crippen LogP contribution >= 0.6 is 11.6 Å². The smallest absolute Gasteiger partial charge is 0.0474 e. The molecule has 0 fully saturated rings. The number of nitrogens with zero attached hydrogens (tertiary/aromatic N) is 1. The van der Waals surface area contributed by atoms with Gasteiger partial charge in [-0.15, -0.1) is 0 Å². The molecule has 0 spiro atoms. The summed E-state index contributed by atoms with van der Waals surface area (Å²) in [4.78, 5) is 2.35. The van der Waals surface area contributed by atoms with Crippen molar-refractivity contribution in [1.29, 1.82) is 0 Å². The average Bonchev–Trinajstić information content (AvgIpc) is 2.91. The van der Waals surface area contributed by atoms with Crippen molar-refractivity contribution in [3.8, 4) is 0 Å². The van der Waals surface area contributed by atoms with Crippen molar-refractivity contribution in [2.75, 3.05) is 18.0 Å². The number of anilines is 2. The summed E-state index contributed by atoms with van der Waals surface area (Å²) in [6, 6.07) is 15.3. The third-order valence-corrected chi connectivity index (χ3v) is 4.49. The Labute approximate surface area is 131 Å². The summed E-state index contributed by atoms with van der Waals surface area (Å²) in [6.07, 6.45) is 1.10. The first kappa shape index (κ1) is 14.4. The first-order valence-electron chi connectivity index (χ1n) is 7.59. The molecule has 1 N–H and O–H groups in total. The van der Waals surface area contributed by atoms with E-state index in [-0.39, 0.29) is 6.04 Å². The van der Waals surface area contributed by atoms with Gasteiger partial charge in [-0.2, -0.15) is 0 Å². The minimum atomic E-state index is 0.280. The van der Waals surface area contributed by atoms with E-state index in [4.69, 9.17) is 11.6 Å². The Kier molecular flexibility index (Phi) is 4.18. The minimum Gasteiger partial charge on any atom is -0.341 e. The summed E-state index contributed by atoms with van der Waals surface area (Å²) in [6.45, 7) is 6.23. The molecular weight excluding hydrogens is 280 g/mol. The molecule has 2 aromatic carbocycles. The van der Waals surface area contributed by atoms with Gasteiger partial charge in [-0.1, -0.05) is 42.8 Å². The van der Waals surface area contributed by atoms with Crippen LogP contribution in [0.3, 0.4) is 0 Å². The molecule has 0 bridgehead atoms. The van der Waals surface area contributed by atoms with Crippen LogP contribution in [0.15, 0.2) is 42.5 Å². The highest BCUT2D eigenvalue weighted by Crippen LogP contribution is 2.36.